The average molecular weight is 459 g/mol. The van der Waals surface area contributed by atoms with Crippen molar-refractivity contribution >= 4 is 47.0 Å². The summed E-state index contributed by atoms with van der Waals surface area (Å²) in [5.41, 5.74) is 3.51. The number of hydrogen-bond acceptors (Lipinski definition) is 4. The number of rotatable bonds is 5. The number of nitrogens with zero attached hydrogens (tertiary/aromatic N) is 4. The van der Waals surface area contributed by atoms with Gasteiger partial charge in [0.1, 0.15) is 0 Å². The van der Waals surface area contributed by atoms with Gasteiger partial charge in [0.25, 0.3) is 0 Å². The maximum atomic E-state index is 4.51. The van der Waals surface area contributed by atoms with E-state index in [2.05, 4.69) is 68.8 Å². The van der Waals surface area contributed by atoms with Gasteiger partial charge < -0.3 is 15.1 Å². The predicted molar refractivity (Wildman–Crippen MR) is 115 cm³/mol. The number of guanidine groups is 1. The van der Waals surface area contributed by atoms with Gasteiger partial charge in [-0.2, -0.15) is 0 Å². The molecule has 0 amide bonds. The van der Waals surface area contributed by atoms with Crippen molar-refractivity contribution in [2.24, 2.45) is 4.99 Å². The molecule has 0 spiro atoms. The molecule has 1 aromatic carbocycles. The third-order valence-corrected chi connectivity index (χ3v) is 4.34. The number of thiazole rings is 1. The number of aliphatic imine (C=N–C) groups is 1. The summed E-state index contributed by atoms with van der Waals surface area (Å²) in [7, 11) is 7.94. The van der Waals surface area contributed by atoms with Crippen molar-refractivity contribution in [1.82, 2.24) is 15.2 Å². The molecule has 0 bridgehead atoms. The highest BCUT2D eigenvalue weighted by Crippen LogP contribution is 2.13. The van der Waals surface area contributed by atoms with E-state index in [1.165, 1.54) is 11.3 Å². The van der Waals surface area contributed by atoms with E-state index in [-0.39, 0.29) is 24.0 Å². The molecular formula is C17H26IN5S. The molecule has 1 aromatic heterocycles. The molecule has 0 radical (unpaired) electrons. The molecule has 1 N–H and O–H groups in total. The van der Waals surface area contributed by atoms with Crippen LogP contribution in [0.25, 0.3) is 0 Å². The Morgan fingerprint density at radius 3 is 2.62 bits per heavy atom. The lowest BCUT2D eigenvalue weighted by Gasteiger charge is -2.21. The summed E-state index contributed by atoms with van der Waals surface area (Å²) < 4.78 is 0. The van der Waals surface area contributed by atoms with Crippen LogP contribution in [0, 0.1) is 6.92 Å². The van der Waals surface area contributed by atoms with E-state index in [0.29, 0.717) is 0 Å². The van der Waals surface area contributed by atoms with E-state index in [4.69, 9.17) is 0 Å². The Morgan fingerprint density at radius 2 is 2.04 bits per heavy atom. The number of halogens is 1. The van der Waals surface area contributed by atoms with Crippen LogP contribution in [-0.4, -0.2) is 44.0 Å². The lowest BCUT2D eigenvalue weighted by molar-refractivity contribution is 0.470. The summed E-state index contributed by atoms with van der Waals surface area (Å²) in [5, 5.41) is 6.60. The summed E-state index contributed by atoms with van der Waals surface area (Å²) in [5.74, 6) is 0.867. The predicted octanol–water partition coefficient (Wildman–Crippen LogP) is 3.34. The molecule has 0 saturated heterocycles. The number of benzene rings is 1. The zero-order chi connectivity index (χ0) is 16.8. The Balaban J connectivity index is 0.00000288. The number of aryl methyl sites for hydroxylation is 1. The van der Waals surface area contributed by atoms with Gasteiger partial charge in [0.05, 0.1) is 17.2 Å². The van der Waals surface area contributed by atoms with Gasteiger partial charge in [-0.05, 0) is 24.6 Å². The summed E-state index contributed by atoms with van der Waals surface area (Å²) in [6.45, 7) is 3.52. The minimum absolute atomic E-state index is 0. The molecular weight excluding hydrogens is 433 g/mol. The zero-order valence-corrected chi connectivity index (χ0v) is 18.1. The Morgan fingerprint density at radius 1 is 1.29 bits per heavy atom. The third kappa shape index (κ3) is 5.94. The molecule has 24 heavy (non-hydrogen) atoms. The van der Waals surface area contributed by atoms with Crippen molar-refractivity contribution in [2.75, 3.05) is 33.1 Å². The van der Waals surface area contributed by atoms with Gasteiger partial charge in [0, 0.05) is 45.8 Å². The van der Waals surface area contributed by atoms with Gasteiger partial charge in [-0.3, -0.25) is 4.99 Å². The van der Waals surface area contributed by atoms with Crippen LogP contribution < -0.4 is 10.2 Å². The number of anilines is 1. The molecule has 0 atom stereocenters. The van der Waals surface area contributed by atoms with E-state index in [9.17, 15) is 0 Å². The summed E-state index contributed by atoms with van der Waals surface area (Å²) >= 11 is 1.68. The van der Waals surface area contributed by atoms with Crippen LogP contribution in [0.5, 0.6) is 0 Å². The summed E-state index contributed by atoms with van der Waals surface area (Å²) in [6.07, 6.45) is 0. The Bertz CT molecular complexity index is 669. The van der Waals surface area contributed by atoms with E-state index in [0.717, 1.165) is 29.8 Å². The minimum atomic E-state index is 0. The first kappa shape index (κ1) is 20.7. The first-order valence-corrected chi connectivity index (χ1v) is 8.46. The van der Waals surface area contributed by atoms with Crippen molar-refractivity contribution in [3.8, 4) is 0 Å². The summed E-state index contributed by atoms with van der Waals surface area (Å²) in [4.78, 5) is 13.1. The zero-order valence-electron chi connectivity index (χ0n) is 14.9. The number of hydrogen-bond donors (Lipinski definition) is 1. The normalized spacial score (nSPS) is 11.0. The second kappa shape index (κ2) is 9.83. The van der Waals surface area contributed by atoms with Crippen molar-refractivity contribution in [3.05, 3.63) is 45.9 Å². The molecule has 2 rings (SSSR count). The largest absolute Gasteiger partial charge is 0.378 e. The first-order chi connectivity index (χ1) is 11.0. The molecule has 7 heteroatoms. The molecule has 0 fully saturated rings. The van der Waals surface area contributed by atoms with Crippen LogP contribution in [0.4, 0.5) is 5.69 Å². The SMILES string of the molecule is CN=C(NCc1cccc(N(C)C)c1)N(C)Cc1csc(C)n1.I. The van der Waals surface area contributed by atoms with E-state index >= 15 is 0 Å². The topological polar surface area (TPSA) is 43.8 Å². The Labute approximate surface area is 165 Å². The van der Waals surface area contributed by atoms with Crippen LogP contribution in [0.15, 0.2) is 34.6 Å². The lowest BCUT2D eigenvalue weighted by Crippen LogP contribution is -2.38. The van der Waals surface area contributed by atoms with Gasteiger partial charge in [0.2, 0.25) is 0 Å². The standard InChI is InChI=1S/C17H25N5S.HI/c1-13-20-15(12-23-13)11-22(5)17(18-2)19-10-14-7-6-8-16(9-14)21(3)4;/h6-9,12H,10-11H2,1-5H3,(H,18,19);1H. The highest BCUT2D eigenvalue weighted by atomic mass is 127. The van der Waals surface area contributed by atoms with Gasteiger partial charge in [-0.1, -0.05) is 12.1 Å². The van der Waals surface area contributed by atoms with E-state index in [1.807, 2.05) is 14.0 Å². The maximum Gasteiger partial charge on any atom is 0.194 e. The van der Waals surface area contributed by atoms with Gasteiger partial charge in [0.15, 0.2) is 5.96 Å². The van der Waals surface area contributed by atoms with Gasteiger partial charge in [-0.15, -0.1) is 35.3 Å². The minimum Gasteiger partial charge on any atom is -0.378 e. The van der Waals surface area contributed by atoms with Crippen LogP contribution in [0.3, 0.4) is 0 Å². The molecule has 5 nitrogen and oxygen atoms in total. The molecule has 1 heterocycles. The Kier molecular flexibility index (Phi) is 8.47. The van der Waals surface area contributed by atoms with Crippen LogP contribution >= 0.6 is 35.3 Å². The highest BCUT2D eigenvalue weighted by Gasteiger charge is 2.08. The van der Waals surface area contributed by atoms with Crippen molar-refractivity contribution < 1.29 is 0 Å². The summed E-state index contributed by atoms with van der Waals surface area (Å²) in [6, 6.07) is 8.49. The fourth-order valence-corrected chi connectivity index (χ4v) is 2.91. The molecule has 0 unspecified atom stereocenters. The average Bonchev–Trinajstić information content (AvgIpc) is 2.93. The van der Waals surface area contributed by atoms with E-state index in [1.54, 1.807) is 18.4 Å². The fourth-order valence-electron chi connectivity index (χ4n) is 2.31. The number of aromatic nitrogens is 1. The second-order valence-corrected chi connectivity index (χ2v) is 6.74. The van der Waals surface area contributed by atoms with Crippen molar-refractivity contribution in [3.63, 3.8) is 0 Å². The van der Waals surface area contributed by atoms with Crippen LogP contribution in [-0.2, 0) is 13.1 Å². The fraction of sp³-hybridized carbons (Fsp3) is 0.412. The molecule has 132 valence electrons. The molecule has 0 saturated carbocycles. The molecule has 2 aromatic rings. The monoisotopic (exact) mass is 459 g/mol. The smallest absolute Gasteiger partial charge is 0.194 e. The molecule has 0 aliphatic carbocycles. The van der Waals surface area contributed by atoms with E-state index < -0.39 is 0 Å². The molecule has 0 aliphatic heterocycles. The first-order valence-electron chi connectivity index (χ1n) is 7.58. The van der Waals surface area contributed by atoms with Crippen LogP contribution in [0.1, 0.15) is 16.3 Å². The second-order valence-electron chi connectivity index (χ2n) is 5.68. The Hall–Kier alpha value is -1.35. The highest BCUT2D eigenvalue weighted by molar-refractivity contribution is 14.0. The van der Waals surface area contributed by atoms with Crippen LogP contribution in [0.2, 0.25) is 0 Å². The number of nitrogens with one attached hydrogen (secondary N) is 1. The quantitative estimate of drug-likeness (QED) is 0.423. The van der Waals surface area contributed by atoms with Gasteiger partial charge in [-0.25, -0.2) is 4.98 Å². The maximum absolute atomic E-state index is 4.51. The van der Waals surface area contributed by atoms with Crippen molar-refractivity contribution in [2.45, 2.75) is 20.0 Å². The third-order valence-electron chi connectivity index (χ3n) is 3.52. The lowest BCUT2D eigenvalue weighted by atomic mass is 10.2. The van der Waals surface area contributed by atoms with Crippen molar-refractivity contribution in [1.29, 1.82) is 0 Å². The molecule has 0 aliphatic rings. The van der Waals surface area contributed by atoms with Gasteiger partial charge >= 0.3 is 0 Å².